The molecule has 1 aromatic rings. The summed E-state index contributed by atoms with van der Waals surface area (Å²) in [6.07, 6.45) is 0. The number of amides is 1. The van der Waals surface area contributed by atoms with Crippen molar-refractivity contribution in [1.29, 1.82) is 0 Å². The number of nitrogens with zero attached hydrogens (tertiary/aromatic N) is 2. The lowest BCUT2D eigenvalue weighted by Crippen LogP contribution is -2.48. The second-order valence-electron chi connectivity index (χ2n) is 4.35. The standard InChI is InChI=1S/C13H16N2O3/c1-10(16)14-6-8-15(9-7-14)12-4-2-11(3-5-12)13(17)18/h2-5H,6-9H2,1H3,(H,17,18). The summed E-state index contributed by atoms with van der Waals surface area (Å²) in [5.74, 6) is -0.807. The van der Waals surface area contributed by atoms with Crippen LogP contribution in [0.3, 0.4) is 0 Å². The third-order valence-electron chi connectivity index (χ3n) is 3.20. The van der Waals surface area contributed by atoms with Crippen molar-refractivity contribution in [3.05, 3.63) is 29.8 Å². The van der Waals surface area contributed by atoms with E-state index < -0.39 is 5.97 Å². The molecule has 0 spiro atoms. The zero-order chi connectivity index (χ0) is 13.1. The summed E-state index contributed by atoms with van der Waals surface area (Å²) in [5, 5.41) is 8.82. The molecule has 5 heteroatoms. The number of rotatable bonds is 2. The van der Waals surface area contributed by atoms with E-state index in [1.807, 2.05) is 17.0 Å². The molecule has 0 radical (unpaired) electrons. The number of piperazine rings is 1. The minimum Gasteiger partial charge on any atom is -0.478 e. The van der Waals surface area contributed by atoms with Gasteiger partial charge in [-0.05, 0) is 24.3 Å². The van der Waals surface area contributed by atoms with Gasteiger partial charge in [-0.1, -0.05) is 0 Å². The zero-order valence-electron chi connectivity index (χ0n) is 10.3. The van der Waals surface area contributed by atoms with Crippen LogP contribution in [0.5, 0.6) is 0 Å². The molecular weight excluding hydrogens is 232 g/mol. The van der Waals surface area contributed by atoms with Crippen molar-refractivity contribution in [2.24, 2.45) is 0 Å². The first-order valence-corrected chi connectivity index (χ1v) is 5.92. The number of aromatic carboxylic acids is 1. The molecule has 96 valence electrons. The summed E-state index contributed by atoms with van der Waals surface area (Å²) in [6.45, 7) is 4.58. The van der Waals surface area contributed by atoms with Crippen molar-refractivity contribution in [3.8, 4) is 0 Å². The summed E-state index contributed by atoms with van der Waals surface area (Å²) < 4.78 is 0. The SMILES string of the molecule is CC(=O)N1CCN(c2ccc(C(=O)O)cc2)CC1. The summed E-state index contributed by atoms with van der Waals surface area (Å²) in [7, 11) is 0. The third kappa shape index (κ3) is 2.61. The van der Waals surface area contributed by atoms with Gasteiger partial charge in [0.2, 0.25) is 5.91 Å². The average molecular weight is 248 g/mol. The van der Waals surface area contributed by atoms with Gasteiger partial charge in [0.05, 0.1) is 5.56 Å². The van der Waals surface area contributed by atoms with E-state index in [0.717, 1.165) is 31.9 Å². The smallest absolute Gasteiger partial charge is 0.335 e. The van der Waals surface area contributed by atoms with Gasteiger partial charge in [0, 0.05) is 38.8 Å². The molecular formula is C13H16N2O3. The lowest BCUT2D eigenvalue weighted by atomic mass is 10.2. The van der Waals surface area contributed by atoms with Crippen LogP contribution in [0, 0.1) is 0 Å². The van der Waals surface area contributed by atoms with Crippen LogP contribution in [0.1, 0.15) is 17.3 Å². The maximum absolute atomic E-state index is 11.2. The second kappa shape index (κ2) is 5.08. The number of anilines is 1. The molecule has 18 heavy (non-hydrogen) atoms. The Morgan fingerprint density at radius 1 is 1.06 bits per heavy atom. The Morgan fingerprint density at radius 3 is 2.06 bits per heavy atom. The van der Waals surface area contributed by atoms with E-state index in [2.05, 4.69) is 4.90 Å². The van der Waals surface area contributed by atoms with Crippen LogP contribution in [-0.4, -0.2) is 48.1 Å². The van der Waals surface area contributed by atoms with E-state index in [1.54, 1.807) is 19.1 Å². The maximum Gasteiger partial charge on any atom is 0.335 e. The first-order valence-electron chi connectivity index (χ1n) is 5.92. The van der Waals surface area contributed by atoms with Crippen molar-refractivity contribution in [1.82, 2.24) is 4.90 Å². The monoisotopic (exact) mass is 248 g/mol. The zero-order valence-corrected chi connectivity index (χ0v) is 10.3. The Morgan fingerprint density at radius 2 is 1.61 bits per heavy atom. The van der Waals surface area contributed by atoms with Gasteiger partial charge in [-0.15, -0.1) is 0 Å². The van der Waals surface area contributed by atoms with Crippen LogP contribution in [0.4, 0.5) is 5.69 Å². The lowest BCUT2D eigenvalue weighted by molar-refractivity contribution is -0.129. The fraction of sp³-hybridized carbons (Fsp3) is 0.385. The third-order valence-corrected chi connectivity index (χ3v) is 3.20. The van der Waals surface area contributed by atoms with Gasteiger partial charge in [-0.2, -0.15) is 0 Å². The molecule has 0 saturated carbocycles. The molecule has 1 amide bonds. The lowest BCUT2D eigenvalue weighted by Gasteiger charge is -2.35. The molecule has 5 nitrogen and oxygen atoms in total. The fourth-order valence-corrected chi connectivity index (χ4v) is 2.09. The van der Waals surface area contributed by atoms with Gasteiger partial charge in [0.15, 0.2) is 0 Å². The Balaban J connectivity index is 2.01. The number of hydrogen-bond donors (Lipinski definition) is 1. The number of carbonyl (C=O) groups is 2. The second-order valence-corrected chi connectivity index (χ2v) is 4.35. The van der Waals surface area contributed by atoms with E-state index in [9.17, 15) is 9.59 Å². The quantitative estimate of drug-likeness (QED) is 0.850. The van der Waals surface area contributed by atoms with Gasteiger partial charge in [-0.3, -0.25) is 4.79 Å². The molecule has 1 saturated heterocycles. The van der Waals surface area contributed by atoms with Crippen LogP contribution in [0.25, 0.3) is 0 Å². The molecule has 1 N–H and O–H groups in total. The molecule has 1 fully saturated rings. The number of carboxylic acids is 1. The van der Waals surface area contributed by atoms with E-state index in [-0.39, 0.29) is 5.91 Å². The Labute approximate surface area is 106 Å². The van der Waals surface area contributed by atoms with Gasteiger partial charge in [-0.25, -0.2) is 4.79 Å². The fourth-order valence-electron chi connectivity index (χ4n) is 2.09. The number of carboxylic acid groups (broad SMARTS) is 1. The minimum absolute atomic E-state index is 0.107. The molecule has 1 aliphatic heterocycles. The van der Waals surface area contributed by atoms with Crippen molar-refractivity contribution < 1.29 is 14.7 Å². The summed E-state index contributed by atoms with van der Waals surface area (Å²) in [5.41, 5.74) is 1.30. The molecule has 0 unspecified atom stereocenters. The number of hydrogen-bond acceptors (Lipinski definition) is 3. The maximum atomic E-state index is 11.2. The highest BCUT2D eigenvalue weighted by molar-refractivity contribution is 5.88. The molecule has 2 rings (SSSR count). The molecule has 1 aliphatic rings. The highest BCUT2D eigenvalue weighted by atomic mass is 16.4. The van der Waals surface area contributed by atoms with Gasteiger partial charge < -0.3 is 14.9 Å². The Kier molecular flexibility index (Phi) is 3.50. The van der Waals surface area contributed by atoms with Crippen LogP contribution in [0.2, 0.25) is 0 Å². The summed E-state index contributed by atoms with van der Waals surface area (Å²) >= 11 is 0. The van der Waals surface area contributed by atoms with Crippen molar-refractivity contribution in [2.45, 2.75) is 6.92 Å². The van der Waals surface area contributed by atoms with Crippen molar-refractivity contribution in [2.75, 3.05) is 31.1 Å². The minimum atomic E-state index is -0.914. The van der Waals surface area contributed by atoms with E-state index in [0.29, 0.717) is 5.56 Å². The predicted octanol–water partition coefficient (Wildman–Crippen LogP) is 1.05. The van der Waals surface area contributed by atoms with E-state index >= 15 is 0 Å². The predicted molar refractivity (Wildman–Crippen MR) is 67.9 cm³/mol. The summed E-state index contributed by atoms with van der Waals surface area (Å²) in [4.78, 5) is 25.9. The number of benzene rings is 1. The molecule has 0 aliphatic carbocycles. The van der Waals surface area contributed by atoms with Crippen LogP contribution >= 0.6 is 0 Å². The molecule has 0 atom stereocenters. The molecule has 1 heterocycles. The van der Waals surface area contributed by atoms with Crippen molar-refractivity contribution in [3.63, 3.8) is 0 Å². The van der Waals surface area contributed by atoms with Gasteiger partial charge in [0.25, 0.3) is 0 Å². The largest absolute Gasteiger partial charge is 0.478 e. The van der Waals surface area contributed by atoms with E-state index in [4.69, 9.17) is 5.11 Å². The van der Waals surface area contributed by atoms with Crippen LogP contribution in [0.15, 0.2) is 24.3 Å². The molecule has 1 aromatic carbocycles. The van der Waals surface area contributed by atoms with Crippen LogP contribution < -0.4 is 4.90 Å². The van der Waals surface area contributed by atoms with Gasteiger partial charge >= 0.3 is 5.97 Å². The van der Waals surface area contributed by atoms with E-state index in [1.165, 1.54) is 0 Å². The molecule has 0 aromatic heterocycles. The normalized spacial score (nSPS) is 15.6. The number of carbonyl (C=O) groups excluding carboxylic acids is 1. The Bertz CT molecular complexity index is 448. The average Bonchev–Trinajstić information content (AvgIpc) is 2.39. The topological polar surface area (TPSA) is 60.9 Å². The highest BCUT2D eigenvalue weighted by Crippen LogP contribution is 2.17. The van der Waals surface area contributed by atoms with Crippen LogP contribution in [-0.2, 0) is 4.79 Å². The summed E-state index contributed by atoms with van der Waals surface area (Å²) in [6, 6.07) is 6.84. The highest BCUT2D eigenvalue weighted by Gasteiger charge is 2.18. The Hall–Kier alpha value is -2.04. The molecule has 0 bridgehead atoms. The van der Waals surface area contributed by atoms with Crippen molar-refractivity contribution >= 4 is 17.6 Å². The van der Waals surface area contributed by atoms with Gasteiger partial charge in [0.1, 0.15) is 0 Å². The first kappa shape index (κ1) is 12.4. The first-order chi connectivity index (χ1) is 8.58.